The summed E-state index contributed by atoms with van der Waals surface area (Å²) in [5, 5.41) is 26.0. The number of piperidine rings is 1. The quantitative estimate of drug-likeness (QED) is 0.304. The third kappa shape index (κ3) is 5.85. The highest BCUT2D eigenvalue weighted by Crippen LogP contribution is 2.59. The summed E-state index contributed by atoms with van der Waals surface area (Å²) >= 11 is 1.33. The number of para-hydroxylation sites is 1. The van der Waals surface area contributed by atoms with Crippen LogP contribution in [-0.2, 0) is 9.59 Å². The standard InChI is InChI=1S/C28H30BN3O6S/c1-17(23-12-19(16-39-23)29(36)37)31-27(35)22-13-28(2)14-24(28)32(22)25(33)15-30-26(34)18-8-10-21(11-9-18)38-20-6-4-3-5-7-20/h3-12,16-17,22,24,36-37H,13-15H2,1-2H3,(H,30,34)(H,31,35)/t17-,22+,24+,28-/m1/s1. The van der Waals surface area contributed by atoms with Crippen molar-refractivity contribution in [2.45, 2.75) is 44.8 Å². The molecule has 1 aromatic heterocycles. The summed E-state index contributed by atoms with van der Waals surface area (Å²) in [5.41, 5.74) is 0.667. The average Bonchev–Trinajstić information content (AvgIpc) is 3.25. The fourth-order valence-corrected chi connectivity index (χ4v) is 6.05. The van der Waals surface area contributed by atoms with E-state index in [0.29, 0.717) is 28.9 Å². The Kier molecular flexibility index (Phi) is 7.48. The minimum Gasteiger partial charge on any atom is -0.457 e. The minimum atomic E-state index is -1.57. The topological polar surface area (TPSA) is 128 Å². The van der Waals surface area contributed by atoms with Gasteiger partial charge in [-0.15, -0.1) is 11.3 Å². The van der Waals surface area contributed by atoms with Crippen LogP contribution in [0.25, 0.3) is 0 Å². The van der Waals surface area contributed by atoms with Gasteiger partial charge in [0.2, 0.25) is 11.8 Å². The lowest BCUT2D eigenvalue weighted by Crippen LogP contribution is -2.51. The number of thiophene rings is 1. The van der Waals surface area contributed by atoms with Crippen LogP contribution in [-0.4, -0.2) is 58.4 Å². The third-order valence-corrected chi connectivity index (χ3v) is 8.58. The number of rotatable bonds is 9. The molecule has 2 aromatic carbocycles. The van der Waals surface area contributed by atoms with Crippen LogP contribution >= 0.6 is 11.3 Å². The largest absolute Gasteiger partial charge is 0.489 e. The van der Waals surface area contributed by atoms with Crippen molar-refractivity contribution in [3.8, 4) is 11.5 Å². The SMILES string of the molecule is C[C@@H](NC(=O)[C@@H]1C[C@]2(C)C[C@@H]2N1C(=O)CNC(=O)c1ccc(Oc2ccccc2)cc1)c1cc(B(O)O)cs1. The minimum absolute atomic E-state index is 0.0275. The van der Waals surface area contributed by atoms with Gasteiger partial charge in [-0.25, -0.2) is 0 Å². The van der Waals surface area contributed by atoms with E-state index in [1.807, 2.05) is 37.3 Å². The first-order chi connectivity index (χ1) is 18.6. The molecule has 0 spiro atoms. The van der Waals surface area contributed by atoms with E-state index >= 15 is 0 Å². The molecule has 2 aliphatic rings. The highest BCUT2D eigenvalue weighted by Gasteiger charge is 2.64. The van der Waals surface area contributed by atoms with E-state index in [4.69, 9.17) is 4.74 Å². The Balaban J connectivity index is 1.17. The second-order valence-corrected chi connectivity index (χ2v) is 11.3. The third-order valence-electron chi connectivity index (χ3n) is 7.45. The van der Waals surface area contributed by atoms with E-state index < -0.39 is 13.2 Å². The van der Waals surface area contributed by atoms with E-state index in [9.17, 15) is 24.4 Å². The number of fused-ring (bicyclic) bond motifs is 1. The van der Waals surface area contributed by atoms with E-state index in [0.717, 1.165) is 11.3 Å². The van der Waals surface area contributed by atoms with E-state index in [1.165, 1.54) is 11.3 Å². The lowest BCUT2D eigenvalue weighted by atomic mass is 9.82. The summed E-state index contributed by atoms with van der Waals surface area (Å²) in [6.07, 6.45) is 1.39. The molecule has 11 heteroatoms. The Bertz CT molecular complexity index is 1370. The zero-order valence-electron chi connectivity index (χ0n) is 21.7. The summed E-state index contributed by atoms with van der Waals surface area (Å²) in [6, 6.07) is 16.6. The number of ether oxygens (including phenoxy) is 1. The van der Waals surface area contributed by atoms with Gasteiger partial charge in [-0.3, -0.25) is 14.4 Å². The van der Waals surface area contributed by atoms with E-state index in [2.05, 4.69) is 17.6 Å². The molecular weight excluding hydrogens is 517 g/mol. The molecule has 4 atom stereocenters. The Morgan fingerprint density at radius 2 is 1.79 bits per heavy atom. The van der Waals surface area contributed by atoms with Crippen LogP contribution in [0, 0.1) is 5.41 Å². The fraction of sp³-hybridized carbons (Fsp3) is 0.321. The molecule has 0 radical (unpaired) electrons. The van der Waals surface area contributed by atoms with Crippen molar-refractivity contribution in [1.29, 1.82) is 0 Å². The number of amides is 3. The second kappa shape index (κ2) is 10.8. The Morgan fingerprint density at radius 1 is 1.10 bits per heavy atom. The van der Waals surface area contributed by atoms with Gasteiger partial charge in [0.1, 0.15) is 17.5 Å². The molecule has 9 nitrogen and oxygen atoms in total. The molecule has 202 valence electrons. The molecule has 2 heterocycles. The van der Waals surface area contributed by atoms with Gasteiger partial charge in [0.05, 0.1) is 12.6 Å². The molecule has 1 aliphatic carbocycles. The van der Waals surface area contributed by atoms with Crippen LogP contribution in [0.1, 0.15) is 48.0 Å². The lowest BCUT2D eigenvalue weighted by Gasteiger charge is -2.28. The molecule has 1 aliphatic heterocycles. The van der Waals surface area contributed by atoms with Crippen LogP contribution in [0.3, 0.4) is 0 Å². The van der Waals surface area contributed by atoms with Gasteiger partial charge >= 0.3 is 7.12 Å². The number of nitrogens with one attached hydrogen (secondary N) is 2. The Hall–Kier alpha value is -3.67. The first-order valence-electron chi connectivity index (χ1n) is 12.8. The highest BCUT2D eigenvalue weighted by atomic mass is 32.1. The molecule has 2 fully saturated rings. The molecule has 1 saturated carbocycles. The van der Waals surface area contributed by atoms with Crippen molar-refractivity contribution in [2.75, 3.05) is 6.54 Å². The molecular formula is C28H30BN3O6S. The van der Waals surface area contributed by atoms with Crippen LogP contribution in [0.5, 0.6) is 11.5 Å². The molecule has 3 aromatic rings. The van der Waals surface area contributed by atoms with Gasteiger partial charge in [-0.2, -0.15) is 0 Å². The summed E-state index contributed by atoms with van der Waals surface area (Å²) in [6.45, 7) is 3.67. The maximum Gasteiger partial charge on any atom is 0.489 e. The van der Waals surface area contributed by atoms with Gasteiger partial charge < -0.3 is 30.3 Å². The number of nitrogens with zero attached hydrogens (tertiary/aromatic N) is 1. The van der Waals surface area contributed by atoms with E-state index in [-0.39, 0.29) is 41.8 Å². The predicted molar refractivity (Wildman–Crippen MR) is 148 cm³/mol. The van der Waals surface area contributed by atoms with Crippen LogP contribution in [0.15, 0.2) is 66.0 Å². The van der Waals surface area contributed by atoms with Gasteiger partial charge in [0, 0.05) is 16.5 Å². The van der Waals surface area contributed by atoms with Crippen molar-refractivity contribution < 1.29 is 29.2 Å². The van der Waals surface area contributed by atoms with Gasteiger partial charge in [0.25, 0.3) is 5.91 Å². The molecule has 5 rings (SSSR count). The van der Waals surface area contributed by atoms with Gasteiger partial charge in [-0.1, -0.05) is 25.1 Å². The number of likely N-dealkylation sites (tertiary alicyclic amines) is 1. The summed E-state index contributed by atoms with van der Waals surface area (Å²) in [4.78, 5) is 41.6. The van der Waals surface area contributed by atoms with Crippen molar-refractivity contribution in [2.24, 2.45) is 5.41 Å². The predicted octanol–water partition coefficient (Wildman–Crippen LogP) is 2.21. The number of hydrogen-bond acceptors (Lipinski definition) is 7. The molecule has 39 heavy (non-hydrogen) atoms. The van der Waals surface area contributed by atoms with Gasteiger partial charge in [-0.05, 0) is 78.5 Å². The smallest absolute Gasteiger partial charge is 0.457 e. The first kappa shape index (κ1) is 26.9. The van der Waals surface area contributed by atoms with Crippen molar-refractivity contribution in [1.82, 2.24) is 15.5 Å². The van der Waals surface area contributed by atoms with Crippen molar-refractivity contribution in [3.63, 3.8) is 0 Å². The maximum absolute atomic E-state index is 13.2. The summed E-state index contributed by atoms with van der Waals surface area (Å²) < 4.78 is 5.75. The van der Waals surface area contributed by atoms with Crippen molar-refractivity contribution in [3.05, 3.63) is 76.5 Å². The Labute approximate surface area is 230 Å². The lowest BCUT2D eigenvalue weighted by molar-refractivity contribution is -0.139. The van der Waals surface area contributed by atoms with Gasteiger partial charge in [0.15, 0.2) is 0 Å². The number of hydrogen-bond donors (Lipinski definition) is 4. The molecule has 0 unspecified atom stereocenters. The zero-order valence-corrected chi connectivity index (χ0v) is 22.5. The van der Waals surface area contributed by atoms with Crippen LogP contribution < -0.4 is 20.8 Å². The van der Waals surface area contributed by atoms with Crippen LogP contribution in [0.4, 0.5) is 0 Å². The average molecular weight is 547 g/mol. The first-order valence-corrected chi connectivity index (χ1v) is 13.7. The molecule has 3 amide bonds. The molecule has 0 bridgehead atoms. The van der Waals surface area contributed by atoms with Crippen LogP contribution in [0.2, 0.25) is 0 Å². The monoisotopic (exact) mass is 547 g/mol. The zero-order chi connectivity index (χ0) is 27.7. The number of benzene rings is 2. The van der Waals surface area contributed by atoms with Crippen molar-refractivity contribution >= 4 is 41.6 Å². The molecule has 1 saturated heterocycles. The highest BCUT2D eigenvalue weighted by molar-refractivity contribution is 7.11. The fourth-order valence-electron chi connectivity index (χ4n) is 5.12. The molecule has 4 N–H and O–H groups in total. The number of carbonyl (C=O) groups excluding carboxylic acids is 3. The van der Waals surface area contributed by atoms with E-state index in [1.54, 1.807) is 40.6 Å². The maximum atomic E-state index is 13.2. The summed E-state index contributed by atoms with van der Waals surface area (Å²) in [5.74, 6) is 0.335. The normalized spacial score (nSPS) is 22.0. The second-order valence-electron chi connectivity index (χ2n) is 10.4. The summed E-state index contributed by atoms with van der Waals surface area (Å²) in [7, 11) is -1.57. The Morgan fingerprint density at radius 3 is 2.46 bits per heavy atom. The number of carbonyl (C=O) groups is 3.